The van der Waals surface area contributed by atoms with Crippen LogP contribution in [-0.4, -0.2) is 34.7 Å². The van der Waals surface area contributed by atoms with Gasteiger partial charge in [-0.15, -0.1) is 0 Å². The molecule has 1 atom stereocenters. The molecule has 0 saturated carbocycles. The van der Waals surface area contributed by atoms with Crippen molar-refractivity contribution in [2.24, 2.45) is 0 Å². The third kappa shape index (κ3) is 3.08. The predicted molar refractivity (Wildman–Crippen MR) is 59.0 cm³/mol. The highest BCUT2D eigenvalue weighted by Gasteiger charge is 2.35. The van der Waals surface area contributed by atoms with E-state index in [0.29, 0.717) is 0 Å². The van der Waals surface area contributed by atoms with E-state index in [-0.39, 0.29) is 6.04 Å². The zero-order valence-corrected chi connectivity index (χ0v) is 9.97. The summed E-state index contributed by atoms with van der Waals surface area (Å²) in [6, 6.07) is 0.279. The molecular weight excluding hydrogens is 230 g/mol. The van der Waals surface area contributed by atoms with Crippen molar-refractivity contribution < 1.29 is 5.11 Å². The van der Waals surface area contributed by atoms with Gasteiger partial charge in [-0.25, -0.2) is 0 Å². The highest BCUT2D eigenvalue weighted by molar-refractivity contribution is 9.11. The molecule has 1 aliphatic heterocycles. The maximum Gasteiger partial charge on any atom is 0.0746 e. The van der Waals surface area contributed by atoms with Crippen LogP contribution in [0.2, 0.25) is 0 Å². The van der Waals surface area contributed by atoms with E-state index < -0.39 is 5.60 Å². The first-order valence-corrected chi connectivity index (χ1v) is 5.50. The maximum atomic E-state index is 9.91. The largest absolute Gasteiger partial charge is 0.389 e. The number of hydrogen-bond acceptors (Lipinski definition) is 2. The highest BCUT2D eigenvalue weighted by Crippen LogP contribution is 2.27. The summed E-state index contributed by atoms with van der Waals surface area (Å²) in [5, 5.41) is 9.91. The molecule has 1 heterocycles. The third-order valence-electron chi connectivity index (χ3n) is 2.55. The number of likely N-dealkylation sites (tertiary alicyclic amines) is 1. The van der Waals surface area contributed by atoms with Crippen molar-refractivity contribution >= 4 is 15.9 Å². The second-order valence-corrected chi connectivity index (χ2v) is 5.42. The van der Waals surface area contributed by atoms with Gasteiger partial charge in [0.25, 0.3) is 0 Å². The van der Waals surface area contributed by atoms with E-state index in [1.807, 2.05) is 13.8 Å². The predicted octanol–water partition coefficient (Wildman–Crippen LogP) is 2.13. The van der Waals surface area contributed by atoms with E-state index in [0.717, 1.165) is 24.0 Å². The van der Waals surface area contributed by atoms with Crippen LogP contribution >= 0.6 is 15.9 Å². The van der Waals surface area contributed by atoms with Crippen LogP contribution in [0, 0.1) is 0 Å². The normalized spacial score (nSPS) is 25.1. The van der Waals surface area contributed by atoms with Crippen molar-refractivity contribution in [1.82, 2.24) is 4.90 Å². The van der Waals surface area contributed by atoms with Gasteiger partial charge in [0.2, 0.25) is 0 Å². The number of rotatable bonds is 3. The molecule has 2 nitrogen and oxygen atoms in total. The Morgan fingerprint density at radius 1 is 1.69 bits per heavy atom. The Balaban J connectivity index is 2.59. The summed E-state index contributed by atoms with van der Waals surface area (Å²) in [4.78, 5) is 2.29. The molecule has 1 fully saturated rings. The second-order valence-electron chi connectivity index (χ2n) is 4.30. The van der Waals surface area contributed by atoms with Crippen LogP contribution in [0.5, 0.6) is 0 Å². The monoisotopic (exact) mass is 247 g/mol. The molecule has 1 aliphatic rings. The van der Waals surface area contributed by atoms with Crippen LogP contribution < -0.4 is 0 Å². The zero-order valence-electron chi connectivity index (χ0n) is 8.39. The fourth-order valence-electron chi connectivity index (χ4n) is 2.04. The van der Waals surface area contributed by atoms with E-state index >= 15 is 0 Å². The van der Waals surface area contributed by atoms with E-state index in [1.165, 1.54) is 6.42 Å². The number of aliphatic hydroxyl groups is 1. The quantitative estimate of drug-likeness (QED) is 0.827. The summed E-state index contributed by atoms with van der Waals surface area (Å²) >= 11 is 3.36. The summed E-state index contributed by atoms with van der Waals surface area (Å²) in [6.45, 7) is 9.50. The summed E-state index contributed by atoms with van der Waals surface area (Å²) in [7, 11) is 0. The van der Waals surface area contributed by atoms with Gasteiger partial charge in [0.05, 0.1) is 5.60 Å². The molecule has 0 aromatic rings. The van der Waals surface area contributed by atoms with Gasteiger partial charge in [-0.1, -0.05) is 22.5 Å². The van der Waals surface area contributed by atoms with E-state index in [4.69, 9.17) is 0 Å². The molecular formula is C10H18BrNO. The standard InChI is InChI=1S/C10H18BrNO/c1-8(11)7-12-6-4-5-9(12)10(2,3)13/h9,13H,1,4-7H2,2-3H3. The molecule has 13 heavy (non-hydrogen) atoms. The Labute approximate surface area is 88.7 Å². The van der Waals surface area contributed by atoms with Gasteiger partial charge in [0.1, 0.15) is 0 Å². The minimum atomic E-state index is -0.598. The van der Waals surface area contributed by atoms with Crippen molar-refractivity contribution in [3.05, 3.63) is 11.1 Å². The van der Waals surface area contributed by atoms with Crippen LogP contribution in [0.15, 0.2) is 11.1 Å². The molecule has 1 rings (SSSR count). The lowest BCUT2D eigenvalue weighted by molar-refractivity contribution is 0.00122. The molecule has 0 amide bonds. The summed E-state index contributed by atoms with van der Waals surface area (Å²) < 4.78 is 0.989. The highest BCUT2D eigenvalue weighted by atomic mass is 79.9. The van der Waals surface area contributed by atoms with Gasteiger partial charge in [-0.3, -0.25) is 4.90 Å². The molecule has 76 valence electrons. The van der Waals surface area contributed by atoms with Gasteiger partial charge in [-0.05, 0) is 33.2 Å². The second kappa shape index (κ2) is 4.11. The molecule has 0 aliphatic carbocycles. The zero-order chi connectivity index (χ0) is 10.1. The molecule has 0 aromatic heterocycles. The van der Waals surface area contributed by atoms with Gasteiger partial charge >= 0.3 is 0 Å². The first-order chi connectivity index (χ1) is 5.91. The van der Waals surface area contributed by atoms with E-state index in [9.17, 15) is 5.11 Å². The fraction of sp³-hybridized carbons (Fsp3) is 0.800. The van der Waals surface area contributed by atoms with E-state index in [2.05, 4.69) is 27.4 Å². The Kier molecular flexibility index (Phi) is 3.55. The Morgan fingerprint density at radius 2 is 2.31 bits per heavy atom. The third-order valence-corrected chi connectivity index (χ3v) is 2.80. The number of nitrogens with zero attached hydrogens (tertiary/aromatic N) is 1. The maximum absolute atomic E-state index is 9.91. The van der Waals surface area contributed by atoms with Crippen LogP contribution in [-0.2, 0) is 0 Å². The van der Waals surface area contributed by atoms with Crippen LogP contribution in [0.25, 0.3) is 0 Å². The first kappa shape index (κ1) is 11.2. The van der Waals surface area contributed by atoms with Crippen molar-refractivity contribution in [1.29, 1.82) is 0 Å². The minimum absolute atomic E-state index is 0.279. The van der Waals surface area contributed by atoms with Crippen molar-refractivity contribution in [2.45, 2.75) is 38.3 Å². The molecule has 3 heteroatoms. The summed E-state index contributed by atoms with van der Waals surface area (Å²) in [5.41, 5.74) is -0.598. The van der Waals surface area contributed by atoms with Crippen molar-refractivity contribution in [3.63, 3.8) is 0 Å². The lowest BCUT2D eigenvalue weighted by Gasteiger charge is -2.33. The van der Waals surface area contributed by atoms with Gasteiger partial charge in [0.15, 0.2) is 0 Å². The van der Waals surface area contributed by atoms with Crippen LogP contribution in [0.4, 0.5) is 0 Å². The van der Waals surface area contributed by atoms with Crippen molar-refractivity contribution in [2.75, 3.05) is 13.1 Å². The molecule has 0 bridgehead atoms. The van der Waals surface area contributed by atoms with Crippen molar-refractivity contribution in [3.8, 4) is 0 Å². The lowest BCUT2D eigenvalue weighted by Crippen LogP contribution is -2.45. The van der Waals surface area contributed by atoms with Gasteiger partial charge in [0, 0.05) is 17.1 Å². The fourth-order valence-corrected chi connectivity index (χ4v) is 2.36. The minimum Gasteiger partial charge on any atom is -0.389 e. The Hall–Kier alpha value is 0.140. The molecule has 0 spiro atoms. The van der Waals surface area contributed by atoms with Gasteiger partial charge in [-0.2, -0.15) is 0 Å². The first-order valence-electron chi connectivity index (χ1n) is 4.71. The topological polar surface area (TPSA) is 23.5 Å². The Bertz CT molecular complexity index is 198. The molecule has 0 radical (unpaired) electrons. The van der Waals surface area contributed by atoms with Gasteiger partial charge < -0.3 is 5.11 Å². The molecule has 1 unspecified atom stereocenters. The van der Waals surface area contributed by atoms with Crippen LogP contribution in [0.1, 0.15) is 26.7 Å². The SMILES string of the molecule is C=C(Br)CN1CCCC1C(C)(C)O. The molecule has 1 saturated heterocycles. The molecule has 1 N–H and O–H groups in total. The Morgan fingerprint density at radius 3 is 2.77 bits per heavy atom. The average molecular weight is 248 g/mol. The number of hydrogen-bond donors (Lipinski definition) is 1. The number of halogens is 1. The van der Waals surface area contributed by atoms with Crippen LogP contribution in [0.3, 0.4) is 0 Å². The summed E-state index contributed by atoms with van der Waals surface area (Å²) in [6.07, 6.45) is 2.26. The van der Waals surface area contributed by atoms with E-state index in [1.54, 1.807) is 0 Å². The smallest absolute Gasteiger partial charge is 0.0746 e. The summed E-state index contributed by atoms with van der Waals surface area (Å²) in [5.74, 6) is 0. The molecule has 0 aromatic carbocycles. The lowest BCUT2D eigenvalue weighted by atomic mass is 9.97. The average Bonchev–Trinajstić information content (AvgIpc) is 2.31.